The molecule has 0 aromatic rings. The molecule has 2 atom stereocenters. The Bertz CT molecular complexity index is 225. The van der Waals surface area contributed by atoms with E-state index in [2.05, 4.69) is 37.7 Å². The van der Waals surface area contributed by atoms with Crippen LogP contribution in [0, 0.1) is 11.3 Å². The van der Waals surface area contributed by atoms with Crippen LogP contribution in [0.25, 0.3) is 0 Å². The zero-order valence-electron chi connectivity index (χ0n) is 10.8. The van der Waals surface area contributed by atoms with Crippen molar-refractivity contribution in [1.82, 2.24) is 9.80 Å². The molecule has 2 nitrogen and oxygen atoms in total. The van der Waals surface area contributed by atoms with Crippen molar-refractivity contribution in [2.45, 2.75) is 39.2 Å². The molecule has 1 spiro atoms. The predicted octanol–water partition coefficient (Wildman–Crippen LogP) is 2.06. The minimum Gasteiger partial charge on any atom is -0.309 e. The maximum atomic E-state index is 2.67. The fourth-order valence-electron chi connectivity index (χ4n) is 3.39. The van der Waals surface area contributed by atoms with E-state index >= 15 is 0 Å². The van der Waals surface area contributed by atoms with Gasteiger partial charge in [0.1, 0.15) is 0 Å². The van der Waals surface area contributed by atoms with Gasteiger partial charge >= 0.3 is 0 Å². The summed E-state index contributed by atoms with van der Waals surface area (Å²) in [4.78, 5) is 5.03. The summed E-state index contributed by atoms with van der Waals surface area (Å²) < 4.78 is 0. The van der Waals surface area contributed by atoms with Crippen molar-refractivity contribution in [2.75, 3.05) is 33.7 Å². The molecule has 0 aromatic heterocycles. The van der Waals surface area contributed by atoms with Crippen molar-refractivity contribution in [2.24, 2.45) is 11.3 Å². The summed E-state index contributed by atoms with van der Waals surface area (Å²) in [5.41, 5.74) is 0.703. The van der Waals surface area contributed by atoms with Gasteiger partial charge in [0.05, 0.1) is 0 Å². The van der Waals surface area contributed by atoms with E-state index in [0.29, 0.717) is 5.41 Å². The Kier molecular flexibility index (Phi) is 3.09. The van der Waals surface area contributed by atoms with E-state index < -0.39 is 0 Å². The summed E-state index contributed by atoms with van der Waals surface area (Å²) in [6.07, 6.45) is 4.39. The maximum Gasteiger partial charge on any atom is 0.00443 e. The van der Waals surface area contributed by atoms with Crippen molar-refractivity contribution >= 4 is 0 Å². The summed E-state index contributed by atoms with van der Waals surface area (Å²) in [7, 11) is 4.42. The molecule has 2 heteroatoms. The van der Waals surface area contributed by atoms with Gasteiger partial charge in [0.2, 0.25) is 0 Å². The number of rotatable bonds is 3. The van der Waals surface area contributed by atoms with Crippen LogP contribution in [0.2, 0.25) is 0 Å². The van der Waals surface area contributed by atoms with Crippen molar-refractivity contribution in [3.05, 3.63) is 0 Å². The monoisotopic (exact) mass is 210 g/mol. The third-order valence-electron chi connectivity index (χ3n) is 4.59. The summed E-state index contributed by atoms with van der Waals surface area (Å²) in [6.45, 7) is 8.66. The van der Waals surface area contributed by atoms with Gasteiger partial charge in [-0.1, -0.05) is 0 Å². The zero-order chi connectivity index (χ0) is 11.1. The van der Waals surface area contributed by atoms with E-state index in [4.69, 9.17) is 0 Å². The second-order valence-corrected chi connectivity index (χ2v) is 6.17. The van der Waals surface area contributed by atoms with Gasteiger partial charge in [-0.05, 0) is 65.1 Å². The average Bonchev–Trinajstić information content (AvgIpc) is 2.59. The standard InChI is InChI=1S/C13H26N2/c1-11(2)15-8-7-13(10-15)6-5-12(13)9-14(3)4/h11-12H,5-10H2,1-4H3. The second-order valence-electron chi connectivity index (χ2n) is 6.17. The molecular formula is C13H26N2. The van der Waals surface area contributed by atoms with Gasteiger partial charge < -0.3 is 9.80 Å². The SMILES string of the molecule is CC(C)N1CCC2(CCC2CN(C)C)C1. The lowest BCUT2D eigenvalue weighted by atomic mass is 9.59. The number of hydrogen-bond donors (Lipinski definition) is 0. The highest BCUT2D eigenvalue weighted by atomic mass is 15.2. The number of nitrogens with zero attached hydrogens (tertiary/aromatic N) is 2. The first-order valence-corrected chi connectivity index (χ1v) is 6.42. The van der Waals surface area contributed by atoms with Crippen LogP contribution < -0.4 is 0 Å². The lowest BCUT2D eigenvalue weighted by molar-refractivity contribution is 0.0180. The fourth-order valence-corrected chi connectivity index (χ4v) is 3.39. The highest BCUT2D eigenvalue weighted by molar-refractivity contribution is 5.02. The highest BCUT2D eigenvalue weighted by Gasteiger charge is 2.50. The number of likely N-dealkylation sites (tertiary alicyclic amines) is 1. The minimum absolute atomic E-state index is 0.703. The molecule has 0 radical (unpaired) electrons. The van der Waals surface area contributed by atoms with Crippen LogP contribution in [0.3, 0.4) is 0 Å². The van der Waals surface area contributed by atoms with Crippen LogP contribution in [-0.4, -0.2) is 49.6 Å². The van der Waals surface area contributed by atoms with Crippen LogP contribution in [0.4, 0.5) is 0 Å². The maximum absolute atomic E-state index is 2.67. The highest BCUT2D eigenvalue weighted by Crippen LogP contribution is 2.53. The molecule has 1 saturated heterocycles. The lowest BCUT2D eigenvalue weighted by Gasteiger charge is -2.48. The molecule has 0 aromatic carbocycles. The van der Waals surface area contributed by atoms with E-state index in [1.54, 1.807) is 0 Å². The van der Waals surface area contributed by atoms with Gasteiger partial charge in [0.15, 0.2) is 0 Å². The van der Waals surface area contributed by atoms with Gasteiger partial charge in [0.25, 0.3) is 0 Å². The normalized spacial score (nSPS) is 36.8. The third-order valence-corrected chi connectivity index (χ3v) is 4.59. The third kappa shape index (κ3) is 2.07. The molecule has 15 heavy (non-hydrogen) atoms. The average molecular weight is 210 g/mol. The van der Waals surface area contributed by atoms with Crippen LogP contribution in [0.15, 0.2) is 0 Å². The molecule has 0 N–H and O–H groups in total. The molecule has 88 valence electrons. The molecule has 2 fully saturated rings. The summed E-state index contributed by atoms with van der Waals surface area (Å²) in [6, 6.07) is 0.741. The molecule has 0 amide bonds. The first kappa shape index (κ1) is 11.4. The molecular weight excluding hydrogens is 184 g/mol. The van der Waals surface area contributed by atoms with Crippen LogP contribution >= 0.6 is 0 Å². The lowest BCUT2D eigenvalue weighted by Crippen LogP contribution is -2.47. The van der Waals surface area contributed by atoms with Gasteiger partial charge in [-0.2, -0.15) is 0 Å². The van der Waals surface area contributed by atoms with Crippen LogP contribution in [0.5, 0.6) is 0 Å². The van der Waals surface area contributed by atoms with Crippen molar-refractivity contribution < 1.29 is 0 Å². The Morgan fingerprint density at radius 3 is 2.47 bits per heavy atom. The van der Waals surface area contributed by atoms with E-state index in [1.807, 2.05) is 0 Å². The van der Waals surface area contributed by atoms with Gasteiger partial charge in [-0.25, -0.2) is 0 Å². The van der Waals surface area contributed by atoms with Crippen LogP contribution in [-0.2, 0) is 0 Å². The molecule has 2 unspecified atom stereocenters. The van der Waals surface area contributed by atoms with Crippen molar-refractivity contribution in [1.29, 1.82) is 0 Å². The largest absolute Gasteiger partial charge is 0.309 e. The Labute approximate surface area is 94.6 Å². The summed E-state index contributed by atoms with van der Waals surface area (Å²) in [5.74, 6) is 0.969. The quantitative estimate of drug-likeness (QED) is 0.703. The molecule has 1 aliphatic heterocycles. The fraction of sp³-hybridized carbons (Fsp3) is 1.00. The molecule has 0 bridgehead atoms. The Hall–Kier alpha value is -0.0800. The van der Waals surface area contributed by atoms with Crippen molar-refractivity contribution in [3.63, 3.8) is 0 Å². The summed E-state index contributed by atoms with van der Waals surface area (Å²) in [5, 5.41) is 0. The van der Waals surface area contributed by atoms with E-state index in [9.17, 15) is 0 Å². The zero-order valence-corrected chi connectivity index (χ0v) is 10.8. The van der Waals surface area contributed by atoms with Crippen LogP contribution in [0.1, 0.15) is 33.1 Å². The Balaban J connectivity index is 1.92. The molecule has 1 saturated carbocycles. The number of hydrogen-bond acceptors (Lipinski definition) is 2. The molecule has 1 aliphatic carbocycles. The Morgan fingerprint density at radius 2 is 2.07 bits per heavy atom. The molecule has 1 heterocycles. The smallest absolute Gasteiger partial charge is 0.00443 e. The van der Waals surface area contributed by atoms with E-state index in [1.165, 1.54) is 38.9 Å². The predicted molar refractivity (Wildman–Crippen MR) is 65.0 cm³/mol. The Morgan fingerprint density at radius 1 is 1.33 bits per heavy atom. The van der Waals surface area contributed by atoms with Gasteiger partial charge in [-0.3, -0.25) is 0 Å². The van der Waals surface area contributed by atoms with Crippen molar-refractivity contribution in [3.8, 4) is 0 Å². The first-order valence-electron chi connectivity index (χ1n) is 6.42. The molecule has 2 aliphatic rings. The topological polar surface area (TPSA) is 6.48 Å². The first-order chi connectivity index (χ1) is 7.03. The van der Waals surface area contributed by atoms with Gasteiger partial charge in [-0.15, -0.1) is 0 Å². The second kappa shape index (κ2) is 4.06. The summed E-state index contributed by atoms with van der Waals surface area (Å²) >= 11 is 0. The van der Waals surface area contributed by atoms with E-state index in [-0.39, 0.29) is 0 Å². The molecule has 2 rings (SSSR count). The van der Waals surface area contributed by atoms with E-state index in [0.717, 1.165) is 12.0 Å². The minimum atomic E-state index is 0.703. The van der Waals surface area contributed by atoms with Gasteiger partial charge in [0, 0.05) is 19.1 Å².